The fourth-order valence-corrected chi connectivity index (χ4v) is 5.92. The summed E-state index contributed by atoms with van der Waals surface area (Å²) in [5.41, 5.74) is 2.68. The number of benzene rings is 2. The Morgan fingerprint density at radius 3 is 2.66 bits per heavy atom. The molecule has 0 spiro atoms. The number of fused-ring (bicyclic) bond motifs is 2. The van der Waals surface area contributed by atoms with Gasteiger partial charge in [0.05, 0.1) is 11.6 Å². The highest BCUT2D eigenvalue weighted by molar-refractivity contribution is 5.83. The van der Waals surface area contributed by atoms with Crippen molar-refractivity contribution in [1.29, 1.82) is 0 Å². The van der Waals surface area contributed by atoms with Crippen molar-refractivity contribution in [2.75, 3.05) is 6.79 Å². The first-order chi connectivity index (χ1) is 18.7. The van der Waals surface area contributed by atoms with Gasteiger partial charge in [-0.2, -0.15) is 0 Å². The number of hydrogen-bond acceptors (Lipinski definition) is 7. The van der Waals surface area contributed by atoms with Gasteiger partial charge in [-0.15, -0.1) is 5.10 Å². The molecule has 1 aliphatic carbocycles. The first-order valence-corrected chi connectivity index (χ1v) is 13.7. The van der Waals surface area contributed by atoms with Crippen molar-refractivity contribution in [3.8, 4) is 11.5 Å². The molecule has 1 fully saturated rings. The van der Waals surface area contributed by atoms with Crippen LogP contribution in [-0.4, -0.2) is 42.9 Å². The van der Waals surface area contributed by atoms with Gasteiger partial charge < -0.3 is 14.5 Å². The number of tetrazole rings is 1. The molecule has 0 unspecified atom stereocenters. The van der Waals surface area contributed by atoms with E-state index >= 15 is 0 Å². The number of aryl methyl sites for hydroxylation is 2. The molecule has 2 aromatic carbocycles. The van der Waals surface area contributed by atoms with E-state index in [2.05, 4.69) is 56.6 Å². The summed E-state index contributed by atoms with van der Waals surface area (Å²) in [7, 11) is 0. The molecule has 38 heavy (non-hydrogen) atoms. The fraction of sp³-hybridized carbons (Fsp3) is 0.448. The summed E-state index contributed by atoms with van der Waals surface area (Å²) in [5, 5.41) is 13.9. The van der Waals surface area contributed by atoms with E-state index in [0.29, 0.717) is 30.6 Å². The first-order valence-electron chi connectivity index (χ1n) is 13.7. The average molecular weight is 515 g/mol. The van der Waals surface area contributed by atoms with Crippen LogP contribution in [0.3, 0.4) is 0 Å². The summed E-state index contributed by atoms with van der Waals surface area (Å²) in [6.07, 6.45) is 7.62. The zero-order valence-electron chi connectivity index (χ0n) is 21.8. The SMILES string of the molecule is CC[C@H](c1nnnn1CCc1ccccc1)N(Cc1cc2cc3c(cc2[nH]c1=O)OCO3)C1CCCCC1. The Morgan fingerprint density at radius 1 is 1.08 bits per heavy atom. The summed E-state index contributed by atoms with van der Waals surface area (Å²) in [5.74, 6) is 2.25. The molecule has 2 aromatic heterocycles. The molecule has 1 saturated carbocycles. The van der Waals surface area contributed by atoms with Crippen LogP contribution in [0.4, 0.5) is 0 Å². The summed E-state index contributed by atoms with van der Waals surface area (Å²) in [6, 6.07) is 16.6. The molecule has 0 radical (unpaired) electrons. The number of hydrogen-bond donors (Lipinski definition) is 1. The summed E-state index contributed by atoms with van der Waals surface area (Å²) in [6.45, 7) is 3.64. The maximum Gasteiger partial charge on any atom is 0.252 e. The number of pyridine rings is 1. The molecule has 1 aliphatic heterocycles. The monoisotopic (exact) mass is 514 g/mol. The molecule has 6 rings (SSSR count). The van der Waals surface area contributed by atoms with E-state index in [1.807, 2.05) is 28.9 Å². The third kappa shape index (κ3) is 5.03. The predicted molar refractivity (Wildman–Crippen MR) is 144 cm³/mol. The number of rotatable bonds is 9. The third-order valence-corrected chi connectivity index (χ3v) is 7.91. The number of aromatic amines is 1. The number of aromatic nitrogens is 5. The second-order valence-electron chi connectivity index (χ2n) is 10.3. The maximum absolute atomic E-state index is 13.3. The third-order valence-electron chi connectivity index (χ3n) is 7.91. The van der Waals surface area contributed by atoms with E-state index in [9.17, 15) is 4.79 Å². The van der Waals surface area contributed by atoms with Gasteiger partial charge in [0.2, 0.25) is 6.79 Å². The van der Waals surface area contributed by atoms with Crippen LogP contribution in [0, 0.1) is 0 Å². The minimum atomic E-state index is -0.0734. The van der Waals surface area contributed by atoms with Gasteiger partial charge in [0, 0.05) is 36.1 Å². The summed E-state index contributed by atoms with van der Waals surface area (Å²) in [4.78, 5) is 18.8. The molecule has 0 saturated heterocycles. The normalized spacial score (nSPS) is 16.4. The van der Waals surface area contributed by atoms with Crippen LogP contribution in [0.2, 0.25) is 0 Å². The topological polar surface area (TPSA) is 98.2 Å². The highest BCUT2D eigenvalue weighted by Gasteiger charge is 2.32. The lowest BCUT2D eigenvalue weighted by Gasteiger charge is -2.39. The van der Waals surface area contributed by atoms with Gasteiger partial charge in [-0.05, 0) is 53.8 Å². The zero-order valence-corrected chi connectivity index (χ0v) is 21.8. The molecule has 4 aromatic rings. The number of nitrogens with one attached hydrogen (secondary N) is 1. The van der Waals surface area contributed by atoms with Crippen LogP contribution >= 0.6 is 0 Å². The second-order valence-corrected chi connectivity index (χ2v) is 10.3. The second kappa shape index (κ2) is 10.9. The highest BCUT2D eigenvalue weighted by atomic mass is 16.7. The molecule has 9 nitrogen and oxygen atoms in total. The van der Waals surface area contributed by atoms with E-state index in [1.54, 1.807) is 0 Å². The molecule has 198 valence electrons. The van der Waals surface area contributed by atoms with Crippen molar-refractivity contribution in [3.05, 3.63) is 75.8 Å². The largest absolute Gasteiger partial charge is 0.454 e. The van der Waals surface area contributed by atoms with Crippen LogP contribution in [0.1, 0.15) is 68.4 Å². The number of H-pyrrole nitrogens is 1. The van der Waals surface area contributed by atoms with Crippen molar-refractivity contribution in [2.24, 2.45) is 0 Å². The van der Waals surface area contributed by atoms with Gasteiger partial charge in [0.25, 0.3) is 5.56 Å². The van der Waals surface area contributed by atoms with E-state index in [-0.39, 0.29) is 18.4 Å². The van der Waals surface area contributed by atoms with Crippen molar-refractivity contribution >= 4 is 10.9 Å². The Balaban J connectivity index is 1.32. The first kappa shape index (κ1) is 24.6. The molecule has 9 heteroatoms. The van der Waals surface area contributed by atoms with Crippen molar-refractivity contribution in [3.63, 3.8) is 0 Å². The van der Waals surface area contributed by atoms with Crippen molar-refractivity contribution in [1.82, 2.24) is 30.1 Å². The lowest BCUT2D eigenvalue weighted by molar-refractivity contribution is 0.0841. The highest BCUT2D eigenvalue weighted by Crippen LogP contribution is 2.36. The van der Waals surface area contributed by atoms with Gasteiger partial charge >= 0.3 is 0 Å². The summed E-state index contributed by atoms with van der Waals surface area (Å²) < 4.78 is 13.0. The Kier molecular flexibility index (Phi) is 7.09. The maximum atomic E-state index is 13.3. The molecule has 1 N–H and O–H groups in total. The molecule has 2 aliphatic rings. The number of ether oxygens (including phenoxy) is 2. The Labute approximate surface area is 221 Å². The predicted octanol–water partition coefficient (Wildman–Crippen LogP) is 4.77. The Hall–Kier alpha value is -3.72. The summed E-state index contributed by atoms with van der Waals surface area (Å²) >= 11 is 0. The lowest BCUT2D eigenvalue weighted by atomic mass is 9.92. The van der Waals surface area contributed by atoms with Crippen LogP contribution < -0.4 is 15.0 Å². The van der Waals surface area contributed by atoms with E-state index in [0.717, 1.165) is 48.0 Å². The Bertz CT molecular complexity index is 1440. The van der Waals surface area contributed by atoms with Gasteiger partial charge in [-0.3, -0.25) is 9.69 Å². The lowest BCUT2D eigenvalue weighted by Crippen LogP contribution is -2.41. The molecular formula is C29H34N6O3. The molecule has 0 amide bonds. The van der Waals surface area contributed by atoms with Gasteiger partial charge in [-0.25, -0.2) is 4.68 Å². The average Bonchev–Trinajstić information content (AvgIpc) is 3.61. The standard InChI is InChI=1S/C29H34N6O3/c1-2-25(28-31-32-33-35(28)14-13-20-9-5-3-6-10-20)34(23-11-7-4-8-12-23)18-22-15-21-16-26-27(38-19-37-26)17-24(21)30-29(22)36/h3,5-6,9-10,15-17,23,25H,2,4,7-8,11-14,18-19H2,1H3,(H,30,36)/t25-/m1/s1. The minimum Gasteiger partial charge on any atom is -0.454 e. The quantitative estimate of drug-likeness (QED) is 0.343. The van der Waals surface area contributed by atoms with Crippen LogP contribution in [0.5, 0.6) is 11.5 Å². The number of nitrogens with zero attached hydrogens (tertiary/aromatic N) is 5. The smallest absolute Gasteiger partial charge is 0.252 e. The van der Waals surface area contributed by atoms with E-state index in [1.165, 1.54) is 24.8 Å². The molecular weight excluding hydrogens is 480 g/mol. The van der Waals surface area contributed by atoms with Crippen LogP contribution in [-0.2, 0) is 19.5 Å². The fourth-order valence-electron chi connectivity index (χ4n) is 5.92. The van der Waals surface area contributed by atoms with Gasteiger partial charge in [0.1, 0.15) is 0 Å². The Morgan fingerprint density at radius 2 is 1.87 bits per heavy atom. The van der Waals surface area contributed by atoms with E-state index in [4.69, 9.17) is 9.47 Å². The van der Waals surface area contributed by atoms with Crippen LogP contribution in [0.15, 0.2) is 53.3 Å². The molecule has 0 bridgehead atoms. The zero-order chi connectivity index (χ0) is 25.9. The van der Waals surface area contributed by atoms with Crippen molar-refractivity contribution in [2.45, 2.75) is 77.0 Å². The van der Waals surface area contributed by atoms with Gasteiger partial charge in [-0.1, -0.05) is 56.5 Å². The van der Waals surface area contributed by atoms with Crippen LogP contribution in [0.25, 0.3) is 10.9 Å². The van der Waals surface area contributed by atoms with E-state index < -0.39 is 0 Å². The molecule has 1 atom stereocenters. The molecule has 3 heterocycles. The van der Waals surface area contributed by atoms with Crippen molar-refractivity contribution < 1.29 is 9.47 Å². The minimum absolute atomic E-state index is 0.00993. The van der Waals surface area contributed by atoms with Gasteiger partial charge in [0.15, 0.2) is 17.3 Å².